The van der Waals surface area contributed by atoms with Gasteiger partial charge < -0.3 is 19.4 Å². The first-order valence-corrected chi connectivity index (χ1v) is 7.69. The highest BCUT2D eigenvalue weighted by Crippen LogP contribution is 2.40. The van der Waals surface area contributed by atoms with Crippen LogP contribution in [0.2, 0.25) is 0 Å². The van der Waals surface area contributed by atoms with E-state index in [9.17, 15) is 9.59 Å². The molecule has 2 aliphatic rings. The molecule has 0 radical (unpaired) electrons. The van der Waals surface area contributed by atoms with E-state index in [0.29, 0.717) is 26.2 Å². The summed E-state index contributed by atoms with van der Waals surface area (Å²) in [4.78, 5) is 30.6. The predicted molar refractivity (Wildman–Crippen MR) is 79.9 cm³/mol. The largest absolute Gasteiger partial charge is 0.383 e. The normalized spacial score (nSPS) is 26.2. The van der Waals surface area contributed by atoms with Gasteiger partial charge in [0.25, 0.3) is 0 Å². The average molecular weight is 297 g/mol. The summed E-state index contributed by atoms with van der Waals surface area (Å²) in [7, 11) is 5.44. The number of methoxy groups -OCH3 is 1. The van der Waals surface area contributed by atoms with Crippen molar-refractivity contribution >= 4 is 11.8 Å². The van der Waals surface area contributed by atoms with Gasteiger partial charge in [-0.1, -0.05) is 0 Å². The second-order valence-electron chi connectivity index (χ2n) is 6.47. The highest BCUT2D eigenvalue weighted by molar-refractivity contribution is 5.86. The lowest BCUT2D eigenvalue weighted by atomic mass is 9.78. The summed E-state index contributed by atoms with van der Waals surface area (Å²) in [6, 6.07) is 0. The van der Waals surface area contributed by atoms with Gasteiger partial charge in [-0.3, -0.25) is 9.59 Å². The molecule has 1 unspecified atom stereocenters. The summed E-state index contributed by atoms with van der Waals surface area (Å²) in [6.45, 7) is 3.80. The van der Waals surface area contributed by atoms with Gasteiger partial charge in [-0.2, -0.15) is 0 Å². The van der Waals surface area contributed by atoms with E-state index in [0.717, 1.165) is 32.4 Å². The van der Waals surface area contributed by atoms with Gasteiger partial charge in [0.15, 0.2) is 0 Å². The molecule has 6 nitrogen and oxygen atoms in total. The Hall–Kier alpha value is -1.14. The summed E-state index contributed by atoms with van der Waals surface area (Å²) in [5.41, 5.74) is -0.339. The van der Waals surface area contributed by atoms with Crippen LogP contribution in [-0.4, -0.2) is 87.0 Å². The third-order valence-electron chi connectivity index (χ3n) is 4.55. The average Bonchev–Trinajstić information content (AvgIpc) is 2.73. The zero-order valence-corrected chi connectivity index (χ0v) is 13.4. The van der Waals surface area contributed by atoms with Crippen molar-refractivity contribution < 1.29 is 14.3 Å². The van der Waals surface area contributed by atoms with Crippen LogP contribution in [0.25, 0.3) is 0 Å². The summed E-state index contributed by atoms with van der Waals surface area (Å²) in [5.74, 6) is 0.337. The van der Waals surface area contributed by atoms with Crippen molar-refractivity contribution in [1.29, 1.82) is 0 Å². The quantitative estimate of drug-likeness (QED) is 0.719. The van der Waals surface area contributed by atoms with Gasteiger partial charge in [-0.15, -0.1) is 0 Å². The summed E-state index contributed by atoms with van der Waals surface area (Å²) >= 11 is 0. The van der Waals surface area contributed by atoms with Crippen molar-refractivity contribution in [2.45, 2.75) is 19.3 Å². The molecule has 2 aliphatic heterocycles. The fourth-order valence-electron chi connectivity index (χ4n) is 3.40. The van der Waals surface area contributed by atoms with E-state index in [2.05, 4.69) is 0 Å². The maximum absolute atomic E-state index is 12.7. The Morgan fingerprint density at radius 3 is 2.76 bits per heavy atom. The van der Waals surface area contributed by atoms with E-state index in [1.54, 1.807) is 7.11 Å². The van der Waals surface area contributed by atoms with Gasteiger partial charge >= 0.3 is 0 Å². The lowest BCUT2D eigenvalue weighted by molar-refractivity contribution is -0.144. The predicted octanol–water partition coefficient (Wildman–Crippen LogP) is 0.0355. The second kappa shape index (κ2) is 6.75. The topological polar surface area (TPSA) is 53.1 Å². The lowest BCUT2D eigenvalue weighted by Crippen LogP contribution is -2.51. The number of rotatable bonds is 5. The molecule has 2 heterocycles. The number of carbonyl (C=O) groups excluding carboxylic acids is 2. The van der Waals surface area contributed by atoms with E-state index in [1.807, 2.05) is 28.8 Å². The maximum Gasteiger partial charge on any atom is 0.236 e. The molecule has 1 atom stereocenters. The number of likely N-dealkylation sites (tertiary alicyclic amines) is 2. The number of hydrogen-bond donors (Lipinski definition) is 0. The number of nitrogens with zero attached hydrogens (tertiary/aromatic N) is 3. The van der Waals surface area contributed by atoms with Crippen LogP contribution in [0.1, 0.15) is 19.3 Å². The summed E-state index contributed by atoms with van der Waals surface area (Å²) in [5, 5.41) is 0. The third-order valence-corrected chi connectivity index (χ3v) is 4.55. The van der Waals surface area contributed by atoms with E-state index in [1.165, 1.54) is 0 Å². The van der Waals surface area contributed by atoms with Crippen molar-refractivity contribution in [3.05, 3.63) is 0 Å². The minimum absolute atomic E-state index is 0.127. The standard InChI is InChI=1S/C15H27N3O3/c1-16(2)11-13(19)18-7-4-5-15(12-18)6-8-17(14(15)20)9-10-21-3/h4-12H2,1-3H3. The highest BCUT2D eigenvalue weighted by atomic mass is 16.5. The van der Waals surface area contributed by atoms with Gasteiger partial charge in [0.2, 0.25) is 11.8 Å². The van der Waals surface area contributed by atoms with Crippen LogP contribution in [0.15, 0.2) is 0 Å². The van der Waals surface area contributed by atoms with Gasteiger partial charge in [-0.05, 0) is 33.4 Å². The minimum atomic E-state index is -0.339. The Bertz CT molecular complexity index is 400. The molecule has 0 saturated carbocycles. The zero-order chi connectivity index (χ0) is 15.5. The Morgan fingerprint density at radius 1 is 1.33 bits per heavy atom. The number of amides is 2. The molecule has 6 heteroatoms. The smallest absolute Gasteiger partial charge is 0.236 e. The Balaban J connectivity index is 2.00. The number of hydrogen-bond acceptors (Lipinski definition) is 4. The van der Waals surface area contributed by atoms with Gasteiger partial charge in [0.1, 0.15) is 0 Å². The fraction of sp³-hybridized carbons (Fsp3) is 0.867. The minimum Gasteiger partial charge on any atom is -0.383 e. The first-order valence-electron chi connectivity index (χ1n) is 7.69. The number of ether oxygens (including phenoxy) is 1. The Labute approximate surface area is 127 Å². The third kappa shape index (κ3) is 3.55. The monoisotopic (exact) mass is 297 g/mol. The molecule has 1 spiro atoms. The molecule has 0 N–H and O–H groups in total. The van der Waals surface area contributed by atoms with E-state index >= 15 is 0 Å². The van der Waals surface area contributed by atoms with Crippen molar-refractivity contribution in [2.24, 2.45) is 5.41 Å². The SMILES string of the molecule is COCCN1CCC2(CCCN(C(=O)CN(C)C)C2)C1=O. The number of likely N-dealkylation sites (N-methyl/N-ethyl adjacent to an activating group) is 1. The van der Waals surface area contributed by atoms with Crippen molar-refractivity contribution in [3.63, 3.8) is 0 Å². The molecule has 2 fully saturated rings. The van der Waals surface area contributed by atoms with Crippen LogP contribution >= 0.6 is 0 Å². The van der Waals surface area contributed by atoms with E-state index < -0.39 is 0 Å². The van der Waals surface area contributed by atoms with Crippen molar-refractivity contribution in [3.8, 4) is 0 Å². The summed E-state index contributed by atoms with van der Waals surface area (Å²) in [6.07, 6.45) is 2.69. The van der Waals surface area contributed by atoms with Crippen LogP contribution in [0.5, 0.6) is 0 Å². The fourth-order valence-corrected chi connectivity index (χ4v) is 3.40. The molecular formula is C15H27N3O3. The summed E-state index contributed by atoms with van der Waals surface area (Å²) < 4.78 is 5.07. The maximum atomic E-state index is 12.7. The van der Waals surface area contributed by atoms with Gasteiger partial charge in [0, 0.05) is 33.3 Å². The Kier molecular flexibility index (Phi) is 5.22. The van der Waals surface area contributed by atoms with Crippen LogP contribution in [-0.2, 0) is 14.3 Å². The van der Waals surface area contributed by atoms with Crippen LogP contribution < -0.4 is 0 Å². The van der Waals surface area contributed by atoms with Crippen molar-refractivity contribution in [2.75, 3.05) is 60.5 Å². The molecule has 120 valence electrons. The molecule has 0 aromatic heterocycles. The molecular weight excluding hydrogens is 270 g/mol. The first kappa shape index (κ1) is 16.2. The second-order valence-corrected chi connectivity index (χ2v) is 6.47. The lowest BCUT2D eigenvalue weighted by Gasteiger charge is -2.39. The van der Waals surface area contributed by atoms with Gasteiger partial charge in [-0.25, -0.2) is 0 Å². The highest BCUT2D eigenvalue weighted by Gasteiger charge is 2.49. The van der Waals surface area contributed by atoms with Gasteiger partial charge in [0.05, 0.1) is 18.6 Å². The molecule has 2 rings (SSSR count). The van der Waals surface area contributed by atoms with Crippen LogP contribution in [0.4, 0.5) is 0 Å². The van der Waals surface area contributed by atoms with E-state index in [-0.39, 0.29) is 17.2 Å². The first-order chi connectivity index (χ1) is 9.98. The Morgan fingerprint density at radius 2 is 2.10 bits per heavy atom. The molecule has 2 amide bonds. The molecule has 0 aromatic carbocycles. The molecule has 0 aliphatic carbocycles. The van der Waals surface area contributed by atoms with Crippen molar-refractivity contribution in [1.82, 2.24) is 14.7 Å². The van der Waals surface area contributed by atoms with Crippen LogP contribution in [0, 0.1) is 5.41 Å². The molecule has 0 bridgehead atoms. The molecule has 2 saturated heterocycles. The molecule has 21 heavy (non-hydrogen) atoms. The zero-order valence-electron chi connectivity index (χ0n) is 13.4. The van der Waals surface area contributed by atoms with Crippen LogP contribution in [0.3, 0.4) is 0 Å². The van der Waals surface area contributed by atoms with E-state index in [4.69, 9.17) is 4.74 Å². The number of carbonyl (C=O) groups is 2. The number of piperidine rings is 1. The molecule has 0 aromatic rings.